The molecule has 0 unspecified atom stereocenters. The highest BCUT2D eigenvalue weighted by molar-refractivity contribution is 4.84. The van der Waals surface area contributed by atoms with Crippen LogP contribution in [0.15, 0.2) is 0 Å². The summed E-state index contributed by atoms with van der Waals surface area (Å²) in [6.45, 7) is 8.54. The number of nitrogens with one attached hydrogen (secondary N) is 1. The van der Waals surface area contributed by atoms with Crippen molar-refractivity contribution in [1.82, 2.24) is 5.32 Å². The summed E-state index contributed by atoms with van der Waals surface area (Å²) in [5, 5.41) is 3.59. The van der Waals surface area contributed by atoms with Gasteiger partial charge in [-0.2, -0.15) is 0 Å². The second-order valence-electron chi connectivity index (χ2n) is 5.50. The first-order chi connectivity index (χ1) is 9.33. The molecule has 114 valence electrons. The van der Waals surface area contributed by atoms with Crippen molar-refractivity contribution in [3.63, 3.8) is 0 Å². The average Bonchev–Trinajstić information content (AvgIpc) is 2.44. The summed E-state index contributed by atoms with van der Waals surface area (Å²) >= 11 is 0. The number of ether oxygens (including phenoxy) is 3. The molecular formula is C15H31NO3. The highest BCUT2D eigenvalue weighted by Crippen LogP contribution is 2.34. The van der Waals surface area contributed by atoms with Gasteiger partial charge in [-0.25, -0.2) is 0 Å². The molecule has 0 radical (unpaired) electrons. The lowest BCUT2D eigenvalue weighted by atomic mass is 9.76. The van der Waals surface area contributed by atoms with E-state index in [0.29, 0.717) is 18.6 Å². The average molecular weight is 273 g/mol. The summed E-state index contributed by atoms with van der Waals surface area (Å²) in [6.07, 6.45) is 5.94. The van der Waals surface area contributed by atoms with Gasteiger partial charge in [0.05, 0.1) is 13.2 Å². The van der Waals surface area contributed by atoms with Gasteiger partial charge in [0, 0.05) is 33.5 Å². The fourth-order valence-corrected chi connectivity index (χ4v) is 2.64. The number of methoxy groups -OCH3 is 1. The molecule has 0 spiro atoms. The molecule has 0 aromatic heterocycles. The molecule has 0 aliphatic carbocycles. The molecule has 4 heteroatoms. The van der Waals surface area contributed by atoms with Crippen molar-refractivity contribution in [2.24, 2.45) is 5.41 Å². The maximum Gasteiger partial charge on any atom is 0.0700 e. The Morgan fingerprint density at radius 2 is 1.95 bits per heavy atom. The topological polar surface area (TPSA) is 39.7 Å². The SMILES string of the molecule is CCCNCC1(CCCOCCOC)CCOCC1. The summed E-state index contributed by atoms with van der Waals surface area (Å²) in [6, 6.07) is 0. The van der Waals surface area contributed by atoms with Gasteiger partial charge in [0.1, 0.15) is 0 Å². The first-order valence-electron chi connectivity index (χ1n) is 7.68. The standard InChI is InChI=1S/C15H31NO3/c1-3-8-16-14-15(6-10-19-11-7-15)5-4-9-18-13-12-17-2/h16H,3-14H2,1-2H3. The monoisotopic (exact) mass is 273 g/mol. The molecule has 0 atom stereocenters. The van der Waals surface area contributed by atoms with Crippen LogP contribution in [0.4, 0.5) is 0 Å². The summed E-state index contributed by atoms with van der Waals surface area (Å²) in [5.41, 5.74) is 0.429. The van der Waals surface area contributed by atoms with Crippen LogP contribution in [0.1, 0.15) is 39.0 Å². The maximum atomic E-state index is 5.56. The number of hydrogen-bond donors (Lipinski definition) is 1. The Morgan fingerprint density at radius 3 is 2.63 bits per heavy atom. The number of hydrogen-bond acceptors (Lipinski definition) is 4. The largest absolute Gasteiger partial charge is 0.382 e. The number of rotatable bonds is 11. The minimum absolute atomic E-state index is 0.429. The van der Waals surface area contributed by atoms with Crippen molar-refractivity contribution < 1.29 is 14.2 Å². The fraction of sp³-hybridized carbons (Fsp3) is 1.00. The van der Waals surface area contributed by atoms with Crippen LogP contribution in [0.5, 0.6) is 0 Å². The summed E-state index contributed by atoms with van der Waals surface area (Å²) in [5.74, 6) is 0. The molecule has 4 nitrogen and oxygen atoms in total. The fourth-order valence-electron chi connectivity index (χ4n) is 2.64. The third kappa shape index (κ3) is 7.25. The molecule has 1 N–H and O–H groups in total. The third-order valence-corrected chi connectivity index (χ3v) is 3.91. The van der Waals surface area contributed by atoms with Gasteiger partial charge in [-0.15, -0.1) is 0 Å². The van der Waals surface area contributed by atoms with Crippen LogP contribution >= 0.6 is 0 Å². The molecule has 1 rings (SSSR count). The van der Waals surface area contributed by atoms with Gasteiger partial charge in [-0.1, -0.05) is 6.92 Å². The van der Waals surface area contributed by atoms with E-state index in [9.17, 15) is 0 Å². The molecule has 1 fully saturated rings. The first kappa shape index (κ1) is 16.9. The van der Waals surface area contributed by atoms with E-state index in [1.807, 2.05) is 0 Å². The minimum atomic E-state index is 0.429. The molecule has 19 heavy (non-hydrogen) atoms. The Morgan fingerprint density at radius 1 is 1.16 bits per heavy atom. The first-order valence-corrected chi connectivity index (χ1v) is 7.68. The van der Waals surface area contributed by atoms with Crippen molar-refractivity contribution in [2.75, 3.05) is 53.2 Å². The zero-order chi connectivity index (χ0) is 13.8. The van der Waals surface area contributed by atoms with Crippen LogP contribution in [-0.4, -0.2) is 53.2 Å². The molecular weight excluding hydrogens is 242 g/mol. The molecule has 1 aliphatic rings. The molecule has 0 aromatic rings. The van der Waals surface area contributed by atoms with Gasteiger partial charge in [-0.3, -0.25) is 0 Å². The summed E-state index contributed by atoms with van der Waals surface area (Å²) < 4.78 is 16.0. The molecule has 0 saturated carbocycles. The van der Waals surface area contributed by atoms with Crippen LogP contribution in [0, 0.1) is 5.41 Å². The second-order valence-corrected chi connectivity index (χ2v) is 5.50. The quantitative estimate of drug-likeness (QED) is 0.586. The van der Waals surface area contributed by atoms with Gasteiger partial charge in [-0.05, 0) is 44.1 Å². The lowest BCUT2D eigenvalue weighted by Crippen LogP contribution is -2.39. The van der Waals surface area contributed by atoms with E-state index in [4.69, 9.17) is 14.2 Å². The lowest BCUT2D eigenvalue weighted by Gasteiger charge is -2.37. The maximum absolute atomic E-state index is 5.56. The Hall–Kier alpha value is -0.160. The van der Waals surface area contributed by atoms with Crippen molar-refractivity contribution >= 4 is 0 Å². The van der Waals surface area contributed by atoms with E-state index in [-0.39, 0.29) is 0 Å². The van der Waals surface area contributed by atoms with E-state index in [1.54, 1.807) is 7.11 Å². The van der Waals surface area contributed by atoms with Gasteiger partial charge >= 0.3 is 0 Å². The highest BCUT2D eigenvalue weighted by Gasteiger charge is 2.31. The molecule has 1 saturated heterocycles. The van der Waals surface area contributed by atoms with Crippen LogP contribution in [0.25, 0.3) is 0 Å². The molecule has 0 aromatic carbocycles. The van der Waals surface area contributed by atoms with Gasteiger partial charge < -0.3 is 19.5 Å². The van der Waals surface area contributed by atoms with Crippen molar-refractivity contribution in [3.05, 3.63) is 0 Å². The van der Waals surface area contributed by atoms with Gasteiger partial charge in [0.25, 0.3) is 0 Å². The Bertz CT molecular complexity index is 206. The van der Waals surface area contributed by atoms with Crippen molar-refractivity contribution in [1.29, 1.82) is 0 Å². The molecule has 0 bridgehead atoms. The van der Waals surface area contributed by atoms with Crippen LogP contribution < -0.4 is 5.32 Å². The smallest absolute Gasteiger partial charge is 0.0700 e. The third-order valence-electron chi connectivity index (χ3n) is 3.91. The normalized spacial score (nSPS) is 18.6. The molecule has 1 aliphatic heterocycles. The van der Waals surface area contributed by atoms with E-state index in [1.165, 1.54) is 25.7 Å². The Labute approximate surface area is 118 Å². The van der Waals surface area contributed by atoms with Crippen LogP contribution in [0.3, 0.4) is 0 Å². The van der Waals surface area contributed by atoms with E-state index < -0.39 is 0 Å². The van der Waals surface area contributed by atoms with E-state index in [2.05, 4.69) is 12.2 Å². The van der Waals surface area contributed by atoms with E-state index >= 15 is 0 Å². The van der Waals surface area contributed by atoms with Crippen molar-refractivity contribution in [3.8, 4) is 0 Å². The summed E-state index contributed by atoms with van der Waals surface area (Å²) in [7, 11) is 1.71. The van der Waals surface area contributed by atoms with Crippen molar-refractivity contribution in [2.45, 2.75) is 39.0 Å². The van der Waals surface area contributed by atoms with E-state index in [0.717, 1.165) is 39.3 Å². The van der Waals surface area contributed by atoms with Crippen LogP contribution in [-0.2, 0) is 14.2 Å². The Balaban J connectivity index is 2.20. The van der Waals surface area contributed by atoms with Gasteiger partial charge in [0.15, 0.2) is 0 Å². The van der Waals surface area contributed by atoms with Crippen LogP contribution in [0.2, 0.25) is 0 Å². The zero-order valence-electron chi connectivity index (χ0n) is 12.7. The lowest BCUT2D eigenvalue weighted by molar-refractivity contribution is 0.00283. The highest BCUT2D eigenvalue weighted by atomic mass is 16.5. The summed E-state index contributed by atoms with van der Waals surface area (Å²) in [4.78, 5) is 0. The predicted octanol–water partition coefficient (Wildman–Crippen LogP) is 2.23. The Kier molecular flexibility index (Phi) is 9.43. The predicted molar refractivity (Wildman–Crippen MR) is 77.6 cm³/mol. The molecule has 0 amide bonds. The zero-order valence-corrected chi connectivity index (χ0v) is 12.7. The second kappa shape index (κ2) is 10.6. The van der Waals surface area contributed by atoms with Gasteiger partial charge in [0.2, 0.25) is 0 Å². The molecule has 1 heterocycles. The minimum Gasteiger partial charge on any atom is -0.382 e.